The molecule has 0 aliphatic carbocycles. The lowest BCUT2D eigenvalue weighted by atomic mass is 10.0. The number of rotatable bonds is 14. The summed E-state index contributed by atoms with van der Waals surface area (Å²) < 4.78 is 15.1. The molecule has 6 aromatic rings. The van der Waals surface area contributed by atoms with Crippen molar-refractivity contribution in [3.05, 3.63) is 155 Å². The molecule has 30 heteroatoms. The zero-order valence-electron chi connectivity index (χ0n) is 53.9. The van der Waals surface area contributed by atoms with Crippen LogP contribution >= 0.6 is 0 Å². The molecule has 4 aromatic carbocycles. The topological polar surface area (TPSA) is 394 Å². The zero-order chi connectivity index (χ0) is 68.7. The molecule has 12 unspecified atom stereocenters. The van der Waals surface area contributed by atoms with Gasteiger partial charge in [-0.3, -0.25) is 38.4 Å². The molecule has 10 N–H and O–H groups in total. The molecular formula is C66H80N16O14. The normalized spacial score (nSPS) is 22.6. The van der Waals surface area contributed by atoms with E-state index in [9.17, 15) is 58.2 Å². The highest BCUT2D eigenvalue weighted by molar-refractivity contribution is 5.97. The molecule has 0 radical (unpaired) electrons. The number of nitrogens with one attached hydrogen (secondary N) is 8. The lowest BCUT2D eigenvalue weighted by Gasteiger charge is -2.29. The number of nitrogens with zero attached hydrogens (tertiary/aromatic N) is 8. The van der Waals surface area contributed by atoms with Crippen LogP contribution in [0.15, 0.2) is 122 Å². The van der Waals surface area contributed by atoms with Crippen molar-refractivity contribution in [2.45, 2.75) is 152 Å². The van der Waals surface area contributed by atoms with Crippen LogP contribution in [-0.4, -0.2) is 197 Å². The summed E-state index contributed by atoms with van der Waals surface area (Å²) in [7, 11) is 3.18. The maximum Gasteiger partial charge on any atom is 0.326 e. The van der Waals surface area contributed by atoms with Crippen LogP contribution in [0.1, 0.15) is 86.3 Å². The van der Waals surface area contributed by atoms with Crippen LogP contribution in [0.5, 0.6) is 11.5 Å². The number of aromatic nitrogens is 6. The molecule has 12 rings (SSSR count). The fourth-order valence-electron chi connectivity index (χ4n) is 11.5. The highest BCUT2D eigenvalue weighted by Crippen LogP contribution is 2.31. The van der Waals surface area contributed by atoms with Gasteiger partial charge >= 0.3 is 11.9 Å². The number of hydrogen-bond donors (Lipinski definition) is 10. The number of carboxylic acids is 2. The summed E-state index contributed by atoms with van der Waals surface area (Å²) in [5, 5.41) is 60.3. The quantitative estimate of drug-likeness (QED) is 0.0682. The first-order chi connectivity index (χ1) is 46.0. The number of aliphatic carboxylic acids is 2. The molecule has 0 spiro atoms. The Morgan fingerprint density at radius 3 is 1.22 bits per heavy atom. The third-order valence-electron chi connectivity index (χ3n) is 17.3. The smallest absolute Gasteiger partial charge is 0.326 e. The predicted octanol–water partition coefficient (Wildman–Crippen LogP) is -0.0706. The Hall–Kier alpha value is -10.6. The average Bonchev–Trinajstić information content (AvgIpc) is 1.65. The minimum atomic E-state index is -1.48. The molecule has 6 aliphatic rings. The minimum Gasteiger partial charge on any atom is -0.487 e. The predicted molar refractivity (Wildman–Crippen MR) is 343 cm³/mol. The van der Waals surface area contributed by atoms with E-state index < -0.39 is 132 Å². The van der Waals surface area contributed by atoms with E-state index in [0.29, 0.717) is 45.1 Å². The third-order valence-corrected chi connectivity index (χ3v) is 17.3. The number of carbonyl (C=O) groups is 10. The van der Waals surface area contributed by atoms with Crippen molar-refractivity contribution in [2.24, 2.45) is 0 Å². The Bertz CT molecular complexity index is 3500. The van der Waals surface area contributed by atoms with Crippen LogP contribution in [0.25, 0.3) is 0 Å². The van der Waals surface area contributed by atoms with Gasteiger partial charge < -0.3 is 72.0 Å². The summed E-state index contributed by atoms with van der Waals surface area (Å²) in [5.74, 6) is -7.22. The van der Waals surface area contributed by atoms with Crippen molar-refractivity contribution in [3.8, 4) is 11.5 Å². The van der Waals surface area contributed by atoms with Crippen molar-refractivity contribution in [2.75, 3.05) is 27.2 Å². The van der Waals surface area contributed by atoms with E-state index >= 15 is 0 Å². The van der Waals surface area contributed by atoms with Gasteiger partial charge in [0.1, 0.15) is 84.4 Å². The van der Waals surface area contributed by atoms with Crippen LogP contribution in [0, 0.1) is 0 Å². The first-order valence-corrected chi connectivity index (χ1v) is 31.6. The zero-order valence-corrected chi connectivity index (χ0v) is 53.9. The summed E-state index contributed by atoms with van der Waals surface area (Å²) in [6, 6.07) is 17.5. The number of likely N-dealkylation sites (N-methyl/N-ethyl adjacent to an activating group) is 2. The SMILES string of the molecule is CNC(C)C(=O)NC(C)C(=O)N1CC2CC1C(=O)NC(Cc1ccccc1)C(=O)NC(C(=O)O)Cc1ccc(cc1)OCc1cn(nn1)C1CC(C(=O)NC(Cc3ccccc3)C(=O)NC(C(=O)O)Cc3ccc(cc3)OCc3cn2nn3)N(C(=O)C(C)NC(=O)C(C)NC)C1. The van der Waals surface area contributed by atoms with Gasteiger partial charge in [-0.15, -0.1) is 10.2 Å². The molecule has 2 aromatic heterocycles. The van der Waals surface area contributed by atoms with Gasteiger partial charge in [-0.25, -0.2) is 19.0 Å². The summed E-state index contributed by atoms with van der Waals surface area (Å²) >= 11 is 0. The van der Waals surface area contributed by atoms with Crippen LogP contribution in [0.2, 0.25) is 0 Å². The fraction of sp³-hybridized carbons (Fsp3) is 0.424. The van der Waals surface area contributed by atoms with Gasteiger partial charge in [-0.2, -0.15) is 0 Å². The standard InChI is InChI=1S/C66H80N16O14/c1-37(67-5)57(83)69-39(3)63(89)79-33-47-29-55(79)61(87)71-51(25-41-13-9-7-10-14-41)59(85)73-53(65(91)92)27-43-19-23-50(24-20-43)96-36-46-32-82(78-76-46)48-30-56(80(34-48)64(90)40(4)70-58(84)38(2)68-6)62(88)72-52(26-42-15-11-8-12-16-42)60(86)74-54(66(93)94)28-44-17-21-49(22-18-44)95-35-45-31-81(47)77-75-45/h7-24,31-32,37-40,47-48,51-56,67-68H,25-30,33-36H2,1-6H3,(H,69,83)(H,70,84)(H,71,87)(H,72,88)(H,73,85)(H,74,86)(H,91,92)(H,93,94). The second kappa shape index (κ2) is 32.0. The summed E-state index contributed by atoms with van der Waals surface area (Å²) in [4.78, 5) is 142. The van der Waals surface area contributed by atoms with Crippen molar-refractivity contribution in [1.29, 1.82) is 0 Å². The third kappa shape index (κ3) is 18.0. The molecule has 2 fully saturated rings. The monoisotopic (exact) mass is 1320 g/mol. The highest BCUT2D eigenvalue weighted by Gasteiger charge is 2.46. The Labute approximate surface area is 553 Å². The number of amides is 8. The first kappa shape index (κ1) is 69.7. The van der Waals surface area contributed by atoms with Crippen molar-refractivity contribution in [3.63, 3.8) is 0 Å². The lowest BCUT2D eigenvalue weighted by Crippen LogP contribution is -2.58. The number of carboxylic acid groups (broad SMARTS) is 2. The molecule has 12 atom stereocenters. The Kier molecular flexibility index (Phi) is 23.2. The van der Waals surface area contributed by atoms with Gasteiger partial charge in [0, 0.05) is 51.6 Å². The maximum atomic E-state index is 14.8. The van der Waals surface area contributed by atoms with Crippen LogP contribution in [-0.2, 0) is 86.8 Å². The number of benzene rings is 4. The summed E-state index contributed by atoms with van der Waals surface area (Å²) in [5.41, 5.74) is 2.97. The molecule has 0 saturated carbocycles. The Balaban J connectivity index is 1.01. The molecular weight excluding hydrogens is 1240 g/mol. The molecule has 96 heavy (non-hydrogen) atoms. The molecule has 12 bridgehead atoms. The van der Waals surface area contributed by atoms with E-state index in [2.05, 4.69) is 63.2 Å². The van der Waals surface area contributed by atoms with Crippen molar-refractivity contribution < 1.29 is 67.6 Å². The summed E-state index contributed by atoms with van der Waals surface area (Å²) in [6.45, 7) is 5.85. The number of hydrogen-bond acceptors (Lipinski definition) is 18. The fourth-order valence-corrected chi connectivity index (χ4v) is 11.5. The van der Waals surface area contributed by atoms with E-state index in [1.54, 1.807) is 150 Å². The molecule has 8 heterocycles. The van der Waals surface area contributed by atoms with E-state index in [-0.39, 0.29) is 64.8 Å². The van der Waals surface area contributed by atoms with E-state index in [1.165, 1.54) is 33.0 Å². The highest BCUT2D eigenvalue weighted by atomic mass is 16.5. The van der Waals surface area contributed by atoms with Gasteiger partial charge in [0.2, 0.25) is 47.3 Å². The second-order valence-electron chi connectivity index (χ2n) is 24.2. The van der Waals surface area contributed by atoms with Gasteiger partial charge in [-0.1, -0.05) is 95.4 Å². The van der Waals surface area contributed by atoms with Gasteiger partial charge in [0.15, 0.2) is 0 Å². The van der Waals surface area contributed by atoms with E-state index in [0.717, 1.165) is 0 Å². The minimum absolute atomic E-state index is 0.0187. The van der Waals surface area contributed by atoms with Crippen molar-refractivity contribution >= 4 is 59.2 Å². The molecule has 30 nitrogen and oxygen atoms in total. The van der Waals surface area contributed by atoms with E-state index in [4.69, 9.17) is 9.47 Å². The number of carbonyl (C=O) groups excluding carboxylic acids is 8. The second-order valence-corrected chi connectivity index (χ2v) is 24.2. The van der Waals surface area contributed by atoms with Gasteiger partial charge in [0.05, 0.1) is 36.6 Å². The van der Waals surface area contributed by atoms with Crippen LogP contribution in [0.4, 0.5) is 0 Å². The average molecular weight is 1320 g/mol. The van der Waals surface area contributed by atoms with Gasteiger partial charge in [0.25, 0.3) is 0 Å². The molecule has 6 aliphatic heterocycles. The number of likely N-dealkylation sites (tertiary alicyclic amines) is 2. The largest absolute Gasteiger partial charge is 0.487 e. The summed E-state index contributed by atoms with van der Waals surface area (Å²) in [6.07, 6.45) is 2.63. The van der Waals surface area contributed by atoms with Crippen LogP contribution < -0.4 is 52.0 Å². The van der Waals surface area contributed by atoms with E-state index in [1.807, 2.05) is 0 Å². The van der Waals surface area contributed by atoms with Gasteiger partial charge in [-0.05, 0) is 88.3 Å². The first-order valence-electron chi connectivity index (χ1n) is 31.6. The van der Waals surface area contributed by atoms with Crippen molar-refractivity contribution in [1.82, 2.24) is 82.3 Å². The Morgan fingerprint density at radius 2 is 0.875 bits per heavy atom. The molecule has 8 amide bonds. The number of ether oxygens (including phenoxy) is 2. The maximum absolute atomic E-state index is 14.8. The van der Waals surface area contributed by atoms with Crippen LogP contribution in [0.3, 0.4) is 0 Å². The lowest BCUT2D eigenvalue weighted by molar-refractivity contribution is -0.143. The Morgan fingerprint density at radius 1 is 0.510 bits per heavy atom. The molecule has 2 saturated heterocycles. The molecule has 508 valence electrons.